The largest absolute Gasteiger partial charge is 0.481 e. The molecule has 0 aliphatic carbocycles. The monoisotopic (exact) mass is 656 g/mol. The fourth-order valence-corrected chi connectivity index (χ4v) is 4.20. The number of esters is 1. The molecular formula is C25H26F6N4O10. The van der Waals surface area contributed by atoms with Gasteiger partial charge in [0.1, 0.15) is 5.82 Å². The third-order valence-electron chi connectivity index (χ3n) is 6.29. The smallest absolute Gasteiger partial charge is 0.449 e. The van der Waals surface area contributed by atoms with Crippen LogP contribution in [0, 0.1) is 17.5 Å². The number of benzene rings is 1. The Hall–Kier alpha value is -4.72. The number of amides is 1. The molecule has 0 bridgehead atoms. The Morgan fingerprint density at radius 3 is 2.02 bits per heavy atom. The number of nitrogens with two attached hydrogens (primary N) is 1. The van der Waals surface area contributed by atoms with Crippen molar-refractivity contribution >= 4 is 29.8 Å². The van der Waals surface area contributed by atoms with Crippen LogP contribution in [0.15, 0.2) is 12.1 Å². The van der Waals surface area contributed by atoms with E-state index in [1.807, 2.05) is 0 Å². The number of alkyl halides is 3. The average molecular weight is 656 g/mol. The zero-order valence-electron chi connectivity index (χ0n) is 23.1. The van der Waals surface area contributed by atoms with E-state index < -0.39 is 89.4 Å². The second-order valence-corrected chi connectivity index (χ2v) is 9.69. The molecule has 3 rings (SSSR count). The molecule has 14 nitrogen and oxygen atoms in total. The van der Waals surface area contributed by atoms with E-state index in [9.17, 15) is 50.3 Å². The van der Waals surface area contributed by atoms with E-state index in [1.165, 1.54) is 4.90 Å². The summed E-state index contributed by atoms with van der Waals surface area (Å²) in [6.45, 7) is -0.732. The van der Waals surface area contributed by atoms with Gasteiger partial charge in [0.05, 0.1) is 32.2 Å². The van der Waals surface area contributed by atoms with Crippen molar-refractivity contribution in [3.05, 3.63) is 52.4 Å². The van der Waals surface area contributed by atoms with Crippen molar-refractivity contribution in [2.75, 3.05) is 13.7 Å². The van der Waals surface area contributed by atoms with Gasteiger partial charge in [-0.3, -0.25) is 14.4 Å². The third kappa shape index (κ3) is 9.38. The number of halogens is 6. The summed E-state index contributed by atoms with van der Waals surface area (Å²) in [5.41, 5.74) is 2.21. The predicted molar refractivity (Wildman–Crippen MR) is 134 cm³/mol. The SMILES string of the molecule is COC(=O)c1nc(C(F)(F)F)n2c1CN(C(=O)C[C@H](N)Cc1cc(F)c(F)cc1F)CC2.O=C(O)CC(O)(CC(=O)O)C(=O)O. The van der Waals surface area contributed by atoms with Crippen LogP contribution < -0.4 is 5.73 Å². The number of nitrogens with zero attached hydrogens (tertiary/aromatic N) is 3. The molecule has 0 fully saturated rings. The van der Waals surface area contributed by atoms with Gasteiger partial charge in [-0.25, -0.2) is 27.7 Å². The van der Waals surface area contributed by atoms with Gasteiger partial charge < -0.3 is 40.4 Å². The number of carboxylic acid groups (broad SMARTS) is 3. The number of methoxy groups -OCH3 is 1. The van der Waals surface area contributed by atoms with Crippen molar-refractivity contribution in [2.45, 2.75) is 56.6 Å². The molecule has 0 saturated carbocycles. The van der Waals surface area contributed by atoms with Crippen molar-refractivity contribution in [2.24, 2.45) is 5.73 Å². The van der Waals surface area contributed by atoms with Crippen LogP contribution in [-0.2, 0) is 49.6 Å². The summed E-state index contributed by atoms with van der Waals surface area (Å²) in [5.74, 6) is -11.6. The van der Waals surface area contributed by atoms with Crippen molar-refractivity contribution in [1.82, 2.24) is 14.5 Å². The number of carbonyl (C=O) groups excluding carboxylic acids is 2. The first-order valence-corrected chi connectivity index (χ1v) is 12.5. The number of aliphatic carboxylic acids is 3. The zero-order chi connectivity index (χ0) is 34.4. The number of fused-ring (bicyclic) bond motifs is 1. The molecule has 1 aliphatic heterocycles. The second-order valence-electron chi connectivity index (χ2n) is 9.69. The van der Waals surface area contributed by atoms with E-state index in [1.54, 1.807) is 0 Å². The molecule has 2 heterocycles. The van der Waals surface area contributed by atoms with Crippen LogP contribution in [0.25, 0.3) is 0 Å². The molecule has 6 N–H and O–H groups in total. The maximum absolute atomic E-state index is 13.8. The normalized spacial score (nSPS) is 13.7. The Balaban J connectivity index is 0.000000459. The lowest BCUT2D eigenvalue weighted by Crippen LogP contribution is -2.42. The Kier molecular flexibility index (Phi) is 11.6. The highest BCUT2D eigenvalue weighted by Crippen LogP contribution is 2.32. The molecule has 248 valence electrons. The van der Waals surface area contributed by atoms with Crippen LogP contribution >= 0.6 is 0 Å². The topological polar surface area (TPSA) is 223 Å². The summed E-state index contributed by atoms with van der Waals surface area (Å²) >= 11 is 0. The molecule has 1 aromatic heterocycles. The van der Waals surface area contributed by atoms with Crippen LogP contribution in [0.2, 0.25) is 0 Å². The van der Waals surface area contributed by atoms with Gasteiger partial charge >= 0.3 is 30.1 Å². The molecule has 1 amide bonds. The quantitative estimate of drug-likeness (QED) is 0.138. The van der Waals surface area contributed by atoms with Crippen LogP contribution in [0.4, 0.5) is 26.3 Å². The van der Waals surface area contributed by atoms with Crippen LogP contribution in [0.3, 0.4) is 0 Å². The number of carbonyl (C=O) groups is 5. The zero-order valence-corrected chi connectivity index (χ0v) is 23.1. The number of hydrogen-bond donors (Lipinski definition) is 5. The predicted octanol–water partition coefficient (Wildman–Crippen LogP) is 1.16. The van der Waals surface area contributed by atoms with E-state index in [0.717, 1.165) is 11.7 Å². The second kappa shape index (κ2) is 14.4. The summed E-state index contributed by atoms with van der Waals surface area (Å²) in [5, 5.41) is 33.8. The molecule has 0 spiro atoms. The Morgan fingerprint density at radius 2 is 1.53 bits per heavy atom. The minimum Gasteiger partial charge on any atom is -0.481 e. The number of hydrogen-bond acceptors (Lipinski definition) is 9. The molecule has 1 atom stereocenters. The number of ether oxygens (including phenoxy) is 1. The fraction of sp³-hybridized carbons (Fsp3) is 0.440. The van der Waals surface area contributed by atoms with Gasteiger partial charge in [-0.05, 0) is 18.1 Å². The van der Waals surface area contributed by atoms with Crippen molar-refractivity contribution in [3.8, 4) is 0 Å². The highest BCUT2D eigenvalue weighted by Gasteiger charge is 2.42. The van der Waals surface area contributed by atoms with Gasteiger partial charge in [0.15, 0.2) is 22.9 Å². The van der Waals surface area contributed by atoms with Crippen molar-refractivity contribution < 1.29 is 75.5 Å². The molecule has 2 aromatic rings. The van der Waals surface area contributed by atoms with Crippen LogP contribution in [0.1, 0.15) is 46.8 Å². The Bertz CT molecular complexity index is 1460. The van der Waals surface area contributed by atoms with Gasteiger partial charge in [0.25, 0.3) is 0 Å². The highest BCUT2D eigenvalue weighted by atomic mass is 19.4. The number of carboxylic acids is 3. The molecule has 0 saturated heterocycles. The van der Waals surface area contributed by atoms with Gasteiger partial charge in [0, 0.05) is 31.6 Å². The summed E-state index contributed by atoms with van der Waals surface area (Å²) < 4.78 is 85.3. The summed E-state index contributed by atoms with van der Waals surface area (Å²) in [6, 6.07) is 0.0485. The molecule has 0 unspecified atom stereocenters. The van der Waals surface area contributed by atoms with E-state index in [4.69, 9.17) is 26.2 Å². The van der Waals surface area contributed by atoms with Crippen LogP contribution in [-0.4, -0.2) is 90.0 Å². The Labute approximate surface area is 248 Å². The number of imidazole rings is 1. The van der Waals surface area contributed by atoms with Gasteiger partial charge in [-0.15, -0.1) is 0 Å². The number of rotatable bonds is 10. The first-order chi connectivity index (χ1) is 20.7. The van der Waals surface area contributed by atoms with Crippen LogP contribution in [0.5, 0.6) is 0 Å². The lowest BCUT2D eigenvalue weighted by molar-refractivity contribution is -0.170. The first kappa shape index (κ1) is 36.5. The summed E-state index contributed by atoms with van der Waals surface area (Å²) in [6.07, 6.45) is -7.72. The lowest BCUT2D eigenvalue weighted by atomic mass is 9.96. The molecule has 20 heteroatoms. The van der Waals surface area contributed by atoms with Crippen molar-refractivity contribution in [3.63, 3.8) is 0 Å². The molecular weight excluding hydrogens is 630 g/mol. The third-order valence-corrected chi connectivity index (χ3v) is 6.29. The maximum Gasteiger partial charge on any atom is 0.449 e. The molecule has 45 heavy (non-hydrogen) atoms. The van der Waals surface area contributed by atoms with Crippen molar-refractivity contribution in [1.29, 1.82) is 0 Å². The minimum absolute atomic E-state index is 0.113. The standard InChI is InChI=1S/C19H18F6N4O3.C6H8O7/c1-32-17(31)16-14-8-28(2-3-29(14)18(27-16)19(23,24)25)15(30)6-10(26)4-9-5-12(21)13(22)7-11(9)20;7-3(8)1-6(13,5(11)12)2-4(9)10/h5,7,10H,2-4,6,8,26H2,1H3;13H,1-2H2,(H,7,8)(H,9,10)(H,11,12)/t10-;/m1./s1. The molecule has 1 aromatic carbocycles. The molecule has 1 aliphatic rings. The average Bonchev–Trinajstić information content (AvgIpc) is 3.30. The number of aliphatic hydroxyl groups is 1. The van der Waals surface area contributed by atoms with E-state index in [-0.39, 0.29) is 43.7 Å². The molecule has 0 radical (unpaired) electrons. The first-order valence-electron chi connectivity index (χ1n) is 12.5. The van der Waals surface area contributed by atoms with Gasteiger partial charge in [-0.2, -0.15) is 13.2 Å². The van der Waals surface area contributed by atoms with E-state index >= 15 is 0 Å². The summed E-state index contributed by atoms with van der Waals surface area (Å²) in [4.78, 5) is 59.5. The summed E-state index contributed by atoms with van der Waals surface area (Å²) in [7, 11) is 0.990. The minimum atomic E-state index is -4.82. The lowest BCUT2D eigenvalue weighted by Gasteiger charge is -2.30. The Morgan fingerprint density at radius 1 is 0.978 bits per heavy atom. The van der Waals surface area contributed by atoms with Gasteiger partial charge in [0.2, 0.25) is 11.7 Å². The van der Waals surface area contributed by atoms with Gasteiger partial charge in [-0.1, -0.05) is 0 Å². The maximum atomic E-state index is 13.8. The highest BCUT2D eigenvalue weighted by molar-refractivity contribution is 5.89. The van der Waals surface area contributed by atoms with E-state index in [2.05, 4.69) is 9.72 Å². The van der Waals surface area contributed by atoms with E-state index in [0.29, 0.717) is 12.1 Å². The number of aromatic nitrogens is 2. The fourth-order valence-electron chi connectivity index (χ4n) is 4.20.